The molecule has 0 radical (unpaired) electrons. The van der Waals surface area contributed by atoms with Gasteiger partial charge in [0.15, 0.2) is 0 Å². The van der Waals surface area contributed by atoms with Crippen LogP contribution < -0.4 is 5.32 Å². The van der Waals surface area contributed by atoms with Crippen molar-refractivity contribution in [2.75, 3.05) is 5.88 Å². The summed E-state index contributed by atoms with van der Waals surface area (Å²) in [7, 11) is 0. The van der Waals surface area contributed by atoms with Gasteiger partial charge in [0.1, 0.15) is 0 Å². The molecule has 0 aliphatic carbocycles. The maximum atomic E-state index is 11.4. The normalized spacial score (nSPS) is 10.1. The highest BCUT2D eigenvalue weighted by molar-refractivity contribution is 6.30. The largest absolute Gasteiger partial charge is 0.352 e. The Bertz CT molecular complexity index is 324. The lowest BCUT2D eigenvalue weighted by atomic mass is 10.2. The van der Waals surface area contributed by atoms with Crippen molar-refractivity contribution in [3.8, 4) is 0 Å². The smallest absolute Gasteiger partial charge is 0.220 e. The molecule has 88 valence electrons. The molecule has 1 rings (SSSR count). The molecule has 0 saturated heterocycles. The van der Waals surface area contributed by atoms with Crippen LogP contribution in [-0.4, -0.2) is 11.8 Å². The van der Waals surface area contributed by atoms with Crippen molar-refractivity contribution in [2.24, 2.45) is 0 Å². The summed E-state index contributed by atoms with van der Waals surface area (Å²) in [4.78, 5) is 11.4. The van der Waals surface area contributed by atoms with Crippen molar-refractivity contribution in [1.82, 2.24) is 5.32 Å². The molecule has 0 unspecified atom stereocenters. The second-order valence-corrected chi connectivity index (χ2v) is 4.36. The zero-order chi connectivity index (χ0) is 11.8. The van der Waals surface area contributed by atoms with Crippen LogP contribution in [0.15, 0.2) is 24.3 Å². The van der Waals surface area contributed by atoms with Crippen LogP contribution in [0.1, 0.15) is 24.8 Å². The zero-order valence-corrected chi connectivity index (χ0v) is 10.5. The zero-order valence-electron chi connectivity index (χ0n) is 9.01. The van der Waals surface area contributed by atoms with E-state index in [9.17, 15) is 4.79 Å². The van der Waals surface area contributed by atoms with Gasteiger partial charge in [-0.25, -0.2) is 0 Å². The fourth-order valence-electron chi connectivity index (χ4n) is 1.27. The Balaban J connectivity index is 2.23. The molecular formula is C12H15Cl2NO. The Labute approximate surface area is 106 Å². The summed E-state index contributed by atoms with van der Waals surface area (Å²) in [5.41, 5.74) is 1.05. The van der Waals surface area contributed by atoms with Crippen molar-refractivity contribution in [1.29, 1.82) is 0 Å². The van der Waals surface area contributed by atoms with E-state index in [0.717, 1.165) is 18.4 Å². The molecule has 1 amide bonds. The number of amides is 1. The molecule has 16 heavy (non-hydrogen) atoms. The lowest BCUT2D eigenvalue weighted by Crippen LogP contribution is -2.22. The molecule has 0 atom stereocenters. The molecule has 1 aromatic rings. The summed E-state index contributed by atoms with van der Waals surface area (Å²) in [5.74, 6) is 0.685. The number of unbranched alkanes of at least 4 members (excludes halogenated alkanes) is 1. The molecule has 2 nitrogen and oxygen atoms in total. The van der Waals surface area contributed by atoms with E-state index in [1.807, 2.05) is 24.3 Å². The molecule has 4 heteroatoms. The number of hydrogen-bond acceptors (Lipinski definition) is 1. The standard InChI is InChI=1S/C12H15Cl2NO/c13-8-2-1-3-12(16)15-9-10-4-6-11(14)7-5-10/h4-7H,1-3,8-9H2,(H,15,16). The van der Waals surface area contributed by atoms with Gasteiger partial charge in [0.2, 0.25) is 5.91 Å². The summed E-state index contributed by atoms with van der Waals surface area (Å²) in [6.45, 7) is 0.552. The molecule has 1 aromatic carbocycles. The van der Waals surface area contributed by atoms with Gasteiger partial charge in [0, 0.05) is 23.9 Å². The number of halogens is 2. The van der Waals surface area contributed by atoms with Crippen molar-refractivity contribution in [2.45, 2.75) is 25.8 Å². The fourth-order valence-corrected chi connectivity index (χ4v) is 1.59. The minimum Gasteiger partial charge on any atom is -0.352 e. The number of benzene rings is 1. The van der Waals surface area contributed by atoms with Crippen molar-refractivity contribution in [3.05, 3.63) is 34.9 Å². The first kappa shape index (κ1) is 13.3. The Morgan fingerprint density at radius 1 is 1.19 bits per heavy atom. The van der Waals surface area contributed by atoms with Gasteiger partial charge in [0.25, 0.3) is 0 Å². The molecule has 0 spiro atoms. The molecule has 0 aromatic heterocycles. The summed E-state index contributed by atoms with van der Waals surface area (Å²) in [6.07, 6.45) is 2.27. The lowest BCUT2D eigenvalue weighted by molar-refractivity contribution is -0.121. The third-order valence-corrected chi connectivity index (χ3v) is 2.71. The minimum atomic E-state index is 0.0695. The molecule has 0 bridgehead atoms. The van der Waals surface area contributed by atoms with Gasteiger partial charge in [-0.15, -0.1) is 11.6 Å². The molecular weight excluding hydrogens is 245 g/mol. The predicted molar refractivity (Wildman–Crippen MR) is 67.9 cm³/mol. The second kappa shape index (κ2) is 7.53. The minimum absolute atomic E-state index is 0.0695. The Kier molecular flexibility index (Phi) is 6.27. The number of hydrogen-bond donors (Lipinski definition) is 1. The summed E-state index contributed by atoms with van der Waals surface area (Å²) in [6, 6.07) is 7.44. The topological polar surface area (TPSA) is 29.1 Å². The monoisotopic (exact) mass is 259 g/mol. The van der Waals surface area contributed by atoms with E-state index in [1.165, 1.54) is 0 Å². The predicted octanol–water partition coefficient (Wildman–Crippen LogP) is 3.37. The van der Waals surface area contributed by atoms with Gasteiger partial charge in [0.05, 0.1) is 0 Å². The molecule has 0 heterocycles. The van der Waals surface area contributed by atoms with Gasteiger partial charge in [-0.2, -0.15) is 0 Å². The van der Waals surface area contributed by atoms with Crippen LogP contribution in [-0.2, 0) is 11.3 Å². The molecule has 0 aliphatic rings. The SMILES string of the molecule is O=C(CCCCCl)NCc1ccc(Cl)cc1. The second-order valence-electron chi connectivity index (χ2n) is 3.55. The van der Waals surface area contributed by atoms with Gasteiger partial charge in [-0.05, 0) is 30.5 Å². The van der Waals surface area contributed by atoms with Crippen molar-refractivity contribution < 1.29 is 4.79 Å². The third kappa shape index (κ3) is 5.38. The first-order chi connectivity index (χ1) is 7.72. The van der Waals surface area contributed by atoms with Gasteiger partial charge < -0.3 is 5.32 Å². The molecule has 1 N–H and O–H groups in total. The molecule has 0 aliphatic heterocycles. The Morgan fingerprint density at radius 2 is 1.88 bits per heavy atom. The summed E-state index contributed by atoms with van der Waals surface area (Å²) >= 11 is 11.3. The van der Waals surface area contributed by atoms with E-state index >= 15 is 0 Å². The number of carbonyl (C=O) groups is 1. The number of nitrogens with one attached hydrogen (secondary N) is 1. The van der Waals surface area contributed by atoms with E-state index in [0.29, 0.717) is 23.9 Å². The highest BCUT2D eigenvalue weighted by Gasteiger charge is 2.00. The average Bonchev–Trinajstić information content (AvgIpc) is 2.29. The maximum absolute atomic E-state index is 11.4. The van der Waals surface area contributed by atoms with E-state index in [1.54, 1.807) is 0 Å². The highest BCUT2D eigenvalue weighted by atomic mass is 35.5. The van der Waals surface area contributed by atoms with Crippen LogP contribution in [0.4, 0.5) is 0 Å². The Morgan fingerprint density at radius 3 is 2.50 bits per heavy atom. The maximum Gasteiger partial charge on any atom is 0.220 e. The van der Waals surface area contributed by atoms with E-state index in [-0.39, 0.29) is 5.91 Å². The van der Waals surface area contributed by atoms with Crippen LogP contribution in [0.3, 0.4) is 0 Å². The Hall–Kier alpha value is -0.730. The number of carbonyl (C=O) groups excluding carboxylic acids is 1. The summed E-state index contributed by atoms with van der Waals surface area (Å²) in [5, 5.41) is 3.56. The summed E-state index contributed by atoms with van der Waals surface area (Å²) < 4.78 is 0. The van der Waals surface area contributed by atoms with Gasteiger partial charge in [-0.3, -0.25) is 4.79 Å². The van der Waals surface area contributed by atoms with Gasteiger partial charge >= 0.3 is 0 Å². The average molecular weight is 260 g/mol. The van der Waals surface area contributed by atoms with Crippen LogP contribution in [0.25, 0.3) is 0 Å². The first-order valence-electron chi connectivity index (χ1n) is 5.29. The molecule has 0 fully saturated rings. The third-order valence-electron chi connectivity index (χ3n) is 2.19. The van der Waals surface area contributed by atoms with Crippen LogP contribution in [0.2, 0.25) is 5.02 Å². The van der Waals surface area contributed by atoms with Gasteiger partial charge in [-0.1, -0.05) is 23.7 Å². The van der Waals surface area contributed by atoms with Crippen LogP contribution in [0, 0.1) is 0 Å². The number of rotatable bonds is 6. The van der Waals surface area contributed by atoms with Crippen LogP contribution in [0.5, 0.6) is 0 Å². The fraction of sp³-hybridized carbons (Fsp3) is 0.417. The van der Waals surface area contributed by atoms with E-state index < -0.39 is 0 Å². The van der Waals surface area contributed by atoms with E-state index in [2.05, 4.69) is 5.32 Å². The van der Waals surface area contributed by atoms with Crippen molar-refractivity contribution >= 4 is 29.1 Å². The number of alkyl halides is 1. The first-order valence-corrected chi connectivity index (χ1v) is 6.20. The lowest BCUT2D eigenvalue weighted by Gasteiger charge is -2.04. The van der Waals surface area contributed by atoms with E-state index in [4.69, 9.17) is 23.2 Å². The quantitative estimate of drug-likeness (QED) is 0.616. The highest BCUT2D eigenvalue weighted by Crippen LogP contribution is 2.09. The van der Waals surface area contributed by atoms with Crippen molar-refractivity contribution in [3.63, 3.8) is 0 Å². The molecule has 0 saturated carbocycles. The van der Waals surface area contributed by atoms with Crippen LogP contribution >= 0.6 is 23.2 Å².